The first-order chi connectivity index (χ1) is 19.7. The molecule has 0 amide bonds. The van der Waals surface area contributed by atoms with E-state index in [0.717, 1.165) is 0 Å². The van der Waals surface area contributed by atoms with E-state index in [0.29, 0.717) is 0 Å². The molecule has 0 bridgehead atoms. The molecule has 0 aliphatic carbocycles. The Balaban J connectivity index is 1.81. The fourth-order valence-corrected chi connectivity index (χ4v) is 47.9. The predicted molar refractivity (Wildman–Crippen MR) is 208 cm³/mol. The zero-order chi connectivity index (χ0) is 30.7. The average molecular weight is 661 g/mol. The molecule has 0 saturated carbocycles. The second kappa shape index (κ2) is 13.1. The number of hydrogen-bond acceptors (Lipinski definition) is 0. The first-order valence-corrected chi connectivity index (χ1v) is 37.6. The molecule has 3 aromatic carbocycles. The van der Waals surface area contributed by atoms with Gasteiger partial charge >= 0.3 is 0 Å². The summed E-state index contributed by atoms with van der Waals surface area (Å²) in [6.07, 6.45) is 4.37. The first-order valence-electron chi connectivity index (χ1n) is 16.9. The van der Waals surface area contributed by atoms with Gasteiger partial charge in [-0.05, 0) is 0 Å². The first kappa shape index (κ1) is 33.8. The molecule has 1 heterocycles. The van der Waals surface area contributed by atoms with Crippen LogP contribution in [-0.2, 0) is 0 Å². The highest BCUT2D eigenvalue weighted by molar-refractivity contribution is 7.48. The van der Waals surface area contributed by atoms with Crippen molar-refractivity contribution in [3.8, 4) is 0 Å². The maximum atomic E-state index is 2.82. The fraction of sp³-hybridized carbons (Fsp3) is 0.500. The van der Waals surface area contributed by atoms with Crippen LogP contribution in [0.5, 0.6) is 0 Å². The topological polar surface area (TPSA) is 0 Å². The van der Waals surface area contributed by atoms with Crippen LogP contribution < -0.4 is 15.6 Å². The Hall–Kier alpha value is -1.04. The summed E-state index contributed by atoms with van der Waals surface area (Å²) in [6, 6.07) is 44.9. The molecule has 3 atom stereocenters. The van der Waals surface area contributed by atoms with Gasteiger partial charge in [0.1, 0.15) is 0 Å². The predicted octanol–water partition coefficient (Wildman–Crippen LogP) is 9.49. The Morgan fingerprint density at radius 2 is 0.524 bits per heavy atom. The Kier molecular flexibility index (Phi) is 10.6. The van der Waals surface area contributed by atoms with E-state index < -0.39 is 45.5 Å². The van der Waals surface area contributed by atoms with E-state index in [4.69, 9.17) is 0 Å². The lowest BCUT2D eigenvalue weighted by atomic mass is 10.4. The van der Waals surface area contributed by atoms with Crippen LogP contribution in [0.3, 0.4) is 0 Å². The monoisotopic (exact) mass is 660 g/mol. The number of hydrogen-bond donors (Lipinski definition) is 0. The second-order valence-corrected chi connectivity index (χ2v) is 62.4. The van der Waals surface area contributed by atoms with E-state index in [1.165, 1.54) is 55.5 Å². The molecular formula is C36H60Si6. The molecule has 0 radical (unpaired) electrons. The van der Waals surface area contributed by atoms with Gasteiger partial charge in [-0.25, -0.2) is 0 Å². The van der Waals surface area contributed by atoms with Crippen molar-refractivity contribution in [1.29, 1.82) is 0 Å². The van der Waals surface area contributed by atoms with Crippen molar-refractivity contribution in [2.75, 3.05) is 0 Å². The van der Waals surface area contributed by atoms with E-state index in [1.54, 1.807) is 15.6 Å². The van der Waals surface area contributed by atoms with Gasteiger partial charge in [0.15, 0.2) is 0 Å². The molecular weight excluding hydrogens is 601 g/mol. The van der Waals surface area contributed by atoms with Crippen LogP contribution in [0.25, 0.3) is 0 Å². The summed E-state index contributed by atoms with van der Waals surface area (Å²) in [6.45, 7) is 25.3. The van der Waals surface area contributed by atoms with Crippen LogP contribution in [0.4, 0.5) is 0 Å². The minimum Gasteiger partial charge on any atom is -0.0710 e. The van der Waals surface area contributed by atoms with Gasteiger partial charge in [-0.2, -0.15) is 0 Å². The molecule has 0 N–H and O–H groups in total. The molecule has 0 spiro atoms. The van der Waals surface area contributed by atoms with Gasteiger partial charge < -0.3 is 0 Å². The lowest BCUT2D eigenvalue weighted by Crippen LogP contribution is -2.66. The number of rotatable bonds is 3. The molecule has 1 saturated heterocycles. The summed E-state index contributed by atoms with van der Waals surface area (Å²) >= 11 is 0. The van der Waals surface area contributed by atoms with Crippen LogP contribution in [-0.4, -0.2) is 45.5 Å². The number of benzene rings is 3. The second-order valence-electron chi connectivity index (χ2n) is 16.3. The van der Waals surface area contributed by atoms with E-state index >= 15 is 0 Å². The zero-order valence-electron chi connectivity index (χ0n) is 28.5. The molecule has 42 heavy (non-hydrogen) atoms. The summed E-state index contributed by atoms with van der Waals surface area (Å²) in [5, 5.41) is 5.27. The maximum Gasteiger partial charge on any atom is 0.0768 e. The molecule has 0 aromatic heterocycles. The normalized spacial score (nSPS) is 30.5. The van der Waals surface area contributed by atoms with Crippen molar-refractivity contribution in [2.45, 2.75) is 114 Å². The van der Waals surface area contributed by atoms with Crippen molar-refractivity contribution in [3.05, 3.63) is 91.0 Å². The van der Waals surface area contributed by atoms with Crippen LogP contribution in [0.2, 0.25) is 95.2 Å². The molecule has 4 rings (SSSR count). The van der Waals surface area contributed by atoms with E-state index in [9.17, 15) is 0 Å². The van der Waals surface area contributed by atoms with Crippen molar-refractivity contribution >= 4 is 61.1 Å². The van der Waals surface area contributed by atoms with Crippen LogP contribution in [0.15, 0.2) is 91.0 Å². The summed E-state index contributed by atoms with van der Waals surface area (Å²) in [7, 11) is -9.18. The smallest absolute Gasteiger partial charge is 0.0710 e. The summed E-state index contributed by atoms with van der Waals surface area (Å²) < 4.78 is 0. The Labute approximate surface area is 265 Å². The Morgan fingerprint density at radius 1 is 0.310 bits per heavy atom. The van der Waals surface area contributed by atoms with Crippen LogP contribution in [0, 0.1) is 0 Å². The van der Waals surface area contributed by atoms with Crippen molar-refractivity contribution < 1.29 is 0 Å². The van der Waals surface area contributed by atoms with E-state index in [-0.39, 0.29) is 0 Å². The molecule has 6 heteroatoms. The van der Waals surface area contributed by atoms with E-state index in [2.05, 4.69) is 150 Å². The van der Waals surface area contributed by atoms with Gasteiger partial charge in [0.2, 0.25) is 0 Å². The highest BCUT2D eigenvalue weighted by atomic mass is 29.3. The van der Waals surface area contributed by atoms with Gasteiger partial charge in [-0.15, -0.1) is 0 Å². The maximum absolute atomic E-state index is 2.82. The third-order valence-electron chi connectivity index (χ3n) is 13.1. The lowest BCUT2D eigenvalue weighted by molar-refractivity contribution is 1.01. The minimum absolute atomic E-state index is 1.46. The fourth-order valence-electron chi connectivity index (χ4n) is 8.52. The van der Waals surface area contributed by atoms with Crippen molar-refractivity contribution in [2.24, 2.45) is 0 Å². The standard InChI is InChI=1S/C36H60Si6/c1-37(2)28-19-32-41(8,35-24-15-11-16-25-35)39(5,6)30-21-33-42(9,36-26-17-12-18-27-36)38(3,4)29-20-31-40(37,7)34-22-13-10-14-23-34/h10-18,22-27H,19-21,28-33H2,1-9H3. The van der Waals surface area contributed by atoms with Gasteiger partial charge in [-0.3, -0.25) is 0 Å². The highest BCUT2D eigenvalue weighted by Gasteiger charge is 2.51. The van der Waals surface area contributed by atoms with Crippen LogP contribution >= 0.6 is 0 Å². The minimum atomic E-state index is -1.60. The van der Waals surface area contributed by atoms with Gasteiger partial charge in [-0.1, -0.05) is 221 Å². The highest BCUT2D eigenvalue weighted by Crippen LogP contribution is 2.38. The molecule has 1 aliphatic heterocycles. The largest absolute Gasteiger partial charge is 0.0768 e. The SMILES string of the molecule is C[Si]1(C)CCC[Si](C)(c2ccccc2)[Si](C)(C)CCC[Si](C)(c2ccccc2)[Si](C)(C)CCC[Si]1(C)c1ccccc1. The molecule has 1 aliphatic rings. The van der Waals surface area contributed by atoms with Gasteiger partial charge in [0.05, 0.1) is 22.8 Å². The molecule has 3 aromatic rings. The van der Waals surface area contributed by atoms with E-state index in [1.807, 2.05) is 0 Å². The molecule has 1 fully saturated rings. The third kappa shape index (κ3) is 6.64. The Bertz CT molecular complexity index is 1120. The van der Waals surface area contributed by atoms with Gasteiger partial charge in [0.25, 0.3) is 0 Å². The van der Waals surface area contributed by atoms with Crippen LogP contribution in [0.1, 0.15) is 19.3 Å². The summed E-state index contributed by atoms with van der Waals surface area (Å²) in [4.78, 5) is 0. The molecule has 0 nitrogen and oxygen atoms in total. The lowest BCUT2D eigenvalue weighted by Gasteiger charge is -2.45. The quantitative estimate of drug-likeness (QED) is 0.246. The van der Waals surface area contributed by atoms with Crippen molar-refractivity contribution in [1.82, 2.24) is 0 Å². The van der Waals surface area contributed by atoms with Gasteiger partial charge in [0, 0.05) is 22.8 Å². The molecule has 228 valence electrons. The summed E-state index contributed by atoms with van der Waals surface area (Å²) in [5.74, 6) is 0. The Morgan fingerprint density at radius 3 is 0.738 bits per heavy atom. The molecule has 3 unspecified atom stereocenters. The zero-order valence-corrected chi connectivity index (χ0v) is 34.5. The average Bonchev–Trinajstić information content (AvgIpc) is 2.97. The van der Waals surface area contributed by atoms with Crippen molar-refractivity contribution in [3.63, 3.8) is 0 Å². The summed E-state index contributed by atoms with van der Waals surface area (Å²) in [5.41, 5.74) is 0. The third-order valence-corrected chi connectivity index (χ3v) is 69.8.